The Hall–Kier alpha value is -1.52. The average Bonchev–Trinajstić information content (AvgIpc) is 2.79. The Morgan fingerprint density at radius 3 is 3.00 bits per heavy atom. The first-order valence-electron chi connectivity index (χ1n) is 5.29. The third kappa shape index (κ3) is 2.60. The van der Waals surface area contributed by atoms with E-state index in [0.29, 0.717) is 0 Å². The van der Waals surface area contributed by atoms with Crippen molar-refractivity contribution in [2.24, 2.45) is 0 Å². The van der Waals surface area contributed by atoms with Crippen molar-refractivity contribution in [1.29, 1.82) is 0 Å². The highest BCUT2D eigenvalue weighted by Gasteiger charge is 2.13. The van der Waals surface area contributed by atoms with Crippen LogP contribution in [-0.4, -0.2) is 28.4 Å². The molecule has 0 aliphatic carbocycles. The van der Waals surface area contributed by atoms with E-state index in [4.69, 9.17) is 11.6 Å². The number of benzene rings is 1. The van der Waals surface area contributed by atoms with Gasteiger partial charge in [0.25, 0.3) is 0 Å². The molecule has 2 aromatic rings. The molecule has 0 aliphatic rings. The standard InChI is InChI=1S/C12H13ClN2O2/c13-5-12(17)15-7-11(16)9-6-14-10-4-2-1-3-8(9)10/h1-4,6,11,14,16H,5,7H2,(H,15,17). The Morgan fingerprint density at radius 2 is 2.24 bits per heavy atom. The predicted molar refractivity (Wildman–Crippen MR) is 67.0 cm³/mol. The number of rotatable bonds is 4. The molecule has 1 unspecified atom stereocenters. The van der Waals surface area contributed by atoms with Gasteiger partial charge in [0.05, 0.1) is 6.10 Å². The van der Waals surface area contributed by atoms with Crippen LogP contribution in [0.2, 0.25) is 0 Å². The number of nitrogens with one attached hydrogen (secondary N) is 2. The fraction of sp³-hybridized carbons (Fsp3) is 0.250. The van der Waals surface area contributed by atoms with Crippen LogP contribution in [0.5, 0.6) is 0 Å². The summed E-state index contributed by atoms with van der Waals surface area (Å²) in [5.41, 5.74) is 1.74. The summed E-state index contributed by atoms with van der Waals surface area (Å²) >= 11 is 5.36. The molecular formula is C12H13ClN2O2. The van der Waals surface area contributed by atoms with Crippen LogP contribution in [0.3, 0.4) is 0 Å². The van der Waals surface area contributed by atoms with Crippen LogP contribution in [0.4, 0.5) is 0 Å². The van der Waals surface area contributed by atoms with Crippen LogP contribution in [0, 0.1) is 0 Å². The second-order valence-corrected chi connectivity index (χ2v) is 4.01. The second-order valence-electron chi connectivity index (χ2n) is 3.74. The van der Waals surface area contributed by atoms with Gasteiger partial charge in [-0.2, -0.15) is 0 Å². The minimum absolute atomic E-state index is 0.0966. The van der Waals surface area contributed by atoms with Gasteiger partial charge in [0.2, 0.25) is 5.91 Å². The Labute approximate surface area is 104 Å². The van der Waals surface area contributed by atoms with Crippen LogP contribution < -0.4 is 5.32 Å². The predicted octanol–water partition coefficient (Wildman–Crippen LogP) is 1.56. The molecule has 1 amide bonds. The maximum atomic E-state index is 11.0. The van der Waals surface area contributed by atoms with Crippen molar-refractivity contribution in [1.82, 2.24) is 10.3 Å². The largest absolute Gasteiger partial charge is 0.386 e. The van der Waals surface area contributed by atoms with Crippen LogP contribution in [0.15, 0.2) is 30.5 Å². The van der Waals surface area contributed by atoms with Gasteiger partial charge in [-0.15, -0.1) is 11.6 Å². The topological polar surface area (TPSA) is 65.1 Å². The van der Waals surface area contributed by atoms with Gasteiger partial charge in [-0.05, 0) is 6.07 Å². The summed E-state index contributed by atoms with van der Waals surface area (Å²) in [5, 5.41) is 13.5. The SMILES string of the molecule is O=C(CCl)NCC(O)c1c[nH]c2ccccc12. The number of amides is 1. The van der Waals surface area contributed by atoms with Crippen molar-refractivity contribution in [3.8, 4) is 0 Å². The molecule has 5 heteroatoms. The number of aliphatic hydroxyl groups is 1. The normalized spacial score (nSPS) is 12.6. The summed E-state index contributed by atoms with van der Waals surface area (Å²) in [6.45, 7) is 0.160. The molecule has 3 N–H and O–H groups in total. The molecule has 2 rings (SSSR count). The zero-order valence-corrected chi connectivity index (χ0v) is 9.87. The van der Waals surface area contributed by atoms with Crippen LogP contribution in [-0.2, 0) is 4.79 Å². The number of halogens is 1. The molecule has 0 bridgehead atoms. The van der Waals surface area contributed by atoms with Crippen molar-refractivity contribution in [3.05, 3.63) is 36.0 Å². The van der Waals surface area contributed by atoms with E-state index in [1.807, 2.05) is 24.3 Å². The molecule has 0 spiro atoms. The summed E-state index contributed by atoms with van der Waals surface area (Å²) < 4.78 is 0. The molecule has 90 valence electrons. The third-order valence-corrected chi connectivity index (χ3v) is 2.84. The number of fused-ring (bicyclic) bond motifs is 1. The number of para-hydroxylation sites is 1. The highest BCUT2D eigenvalue weighted by atomic mass is 35.5. The van der Waals surface area contributed by atoms with Gasteiger partial charge >= 0.3 is 0 Å². The van der Waals surface area contributed by atoms with E-state index in [1.54, 1.807) is 6.20 Å². The smallest absolute Gasteiger partial charge is 0.235 e. The molecular weight excluding hydrogens is 240 g/mol. The van der Waals surface area contributed by atoms with Crippen LogP contribution >= 0.6 is 11.6 Å². The minimum atomic E-state index is -0.738. The fourth-order valence-electron chi connectivity index (χ4n) is 1.74. The number of carbonyl (C=O) groups is 1. The number of aliphatic hydroxyl groups excluding tert-OH is 1. The highest BCUT2D eigenvalue weighted by Crippen LogP contribution is 2.23. The lowest BCUT2D eigenvalue weighted by atomic mass is 10.1. The molecule has 1 aromatic heterocycles. The number of aromatic amines is 1. The van der Waals surface area contributed by atoms with Crippen molar-refractivity contribution in [2.45, 2.75) is 6.10 Å². The molecule has 17 heavy (non-hydrogen) atoms. The summed E-state index contributed by atoms with van der Waals surface area (Å²) in [6, 6.07) is 7.69. The molecule has 0 saturated carbocycles. The lowest BCUT2D eigenvalue weighted by molar-refractivity contribution is -0.119. The van der Waals surface area contributed by atoms with E-state index >= 15 is 0 Å². The number of H-pyrrole nitrogens is 1. The maximum absolute atomic E-state index is 11.0. The fourth-order valence-corrected chi connectivity index (χ4v) is 1.83. The van der Waals surface area contributed by atoms with E-state index in [-0.39, 0.29) is 18.3 Å². The van der Waals surface area contributed by atoms with Crippen LogP contribution in [0.25, 0.3) is 10.9 Å². The minimum Gasteiger partial charge on any atom is -0.386 e. The maximum Gasteiger partial charge on any atom is 0.235 e. The number of hydrogen-bond donors (Lipinski definition) is 3. The van der Waals surface area contributed by atoms with Gasteiger partial charge in [-0.1, -0.05) is 18.2 Å². The number of aromatic nitrogens is 1. The molecule has 1 heterocycles. The van der Waals surface area contributed by atoms with E-state index in [9.17, 15) is 9.90 Å². The van der Waals surface area contributed by atoms with Crippen molar-refractivity contribution in [3.63, 3.8) is 0 Å². The third-order valence-electron chi connectivity index (χ3n) is 2.59. The van der Waals surface area contributed by atoms with Gasteiger partial charge < -0.3 is 15.4 Å². The number of hydrogen-bond acceptors (Lipinski definition) is 2. The van der Waals surface area contributed by atoms with Crippen molar-refractivity contribution < 1.29 is 9.90 Å². The van der Waals surface area contributed by atoms with Gasteiger partial charge in [0.1, 0.15) is 5.88 Å². The lowest BCUT2D eigenvalue weighted by Crippen LogP contribution is -2.29. The second kappa shape index (κ2) is 5.21. The molecule has 0 aliphatic heterocycles. The quantitative estimate of drug-likeness (QED) is 0.723. The van der Waals surface area contributed by atoms with Gasteiger partial charge in [-0.3, -0.25) is 4.79 Å². The van der Waals surface area contributed by atoms with Crippen molar-refractivity contribution in [2.75, 3.05) is 12.4 Å². The zero-order chi connectivity index (χ0) is 12.3. The first-order chi connectivity index (χ1) is 8.22. The first kappa shape index (κ1) is 12.0. The summed E-state index contributed by atoms with van der Waals surface area (Å²) in [4.78, 5) is 14.1. The average molecular weight is 253 g/mol. The number of alkyl halides is 1. The monoisotopic (exact) mass is 252 g/mol. The molecule has 0 saturated heterocycles. The van der Waals surface area contributed by atoms with E-state index in [1.165, 1.54) is 0 Å². The van der Waals surface area contributed by atoms with Gasteiger partial charge in [-0.25, -0.2) is 0 Å². The Bertz CT molecular complexity index is 524. The molecule has 4 nitrogen and oxygen atoms in total. The Balaban J connectivity index is 2.13. The highest BCUT2D eigenvalue weighted by molar-refractivity contribution is 6.27. The van der Waals surface area contributed by atoms with Crippen LogP contribution in [0.1, 0.15) is 11.7 Å². The first-order valence-corrected chi connectivity index (χ1v) is 5.82. The van der Waals surface area contributed by atoms with E-state index in [2.05, 4.69) is 10.3 Å². The molecule has 1 aromatic carbocycles. The summed E-state index contributed by atoms with van der Waals surface area (Å²) in [7, 11) is 0. The summed E-state index contributed by atoms with van der Waals surface area (Å²) in [5.74, 6) is -0.383. The van der Waals surface area contributed by atoms with E-state index < -0.39 is 6.10 Å². The summed E-state index contributed by atoms with van der Waals surface area (Å²) in [6.07, 6.45) is 1.01. The lowest BCUT2D eigenvalue weighted by Gasteiger charge is -2.10. The number of carbonyl (C=O) groups excluding carboxylic acids is 1. The molecule has 0 fully saturated rings. The molecule has 0 radical (unpaired) electrons. The van der Waals surface area contributed by atoms with Gasteiger partial charge in [0, 0.05) is 29.2 Å². The molecule has 1 atom stereocenters. The van der Waals surface area contributed by atoms with Gasteiger partial charge in [0.15, 0.2) is 0 Å². The Kier molecular flexibility index (Phi) is 3.66. The van der Waals surface area contributed by atoms with E-state index in [0.717, 1.165) is 16.5 Å². The van der Waals surface area contributed by atoms with Crippen molar-refractivity contribution >= 4 is 28.4 Å². The zero-order valence-electron chi connectivity index (χ0n) is 9.11. The Morgan fingerprint density at radius 1 is 1.47 bits per heavy atom.